The summed E-state index contributed by atoms with van der Waals surface area (Å²) < 4.78 is 4.72. The Labute approximate surface area is 528 Å². The summed E-state index contributed by atoms with van der Waals surface area (Å²) in [6.45, 7) is 43.1. The van der Waals surface area contributed by atoms with Crippen LogP contribution in [-0.4, -0.2) is 24.1 Å². The van der Waals surface area contributed by atoms with Crippen molar-refractivity contribution >= 4 is 55.0 Å². The second-order valence-corrected chi connectivity index (χ2v) is 28.0. The monoisotopic (exact) mass is 1170 g/mol. The Morgan fingerprint density at radius 3 is 1.08 bits per heavy atom. The van der Waals surface area contributed by atoms with E-state index in [4.69, 9.17) is 28.1 Å². The highest BCUT2D eigenvalue weighted by molar-refractivity contribution is 6.11. The van der Waals surface area contributed by atoms with Crippen molar-refractivity contribution < 1.29 is 0 Å². The molecule has 0 spiro atoms. The summed E-state index contributed by atoms with van der Waals surface area (Å²) >= 11 is 0. The smallest absolute Gasteiger partial charge is 0.187 e. The Balaban J connectivity index is 1.12. The van der Waals surface area contributed by atoms with Gasteiger partial charge in [-0.15, -0.1) is 0 Å². The topological polar surface area (TPSA) is 81.0 Å². The minimum Gasteiger partial charge on any atom is -0.309 e. The second kappa shape index (κ2) is 21.8. The van der Waals surface area contributed by atoms with Crippen LogP contribution in [0.15, 0.2) is 206 Å². The van der Waals surface area contributed by atoms with E-state index in [2.05, 4.69) is 229 Å². The van der Waals surface area contributed by atoms with Gasteiger partial charge in [0.1, 0.15) is 0 Å². The molecule has 0 saturated heterocycles. The van der Waals surface area contributed by atoms with Gasteiger partial charge in [0, 0.05) is 49.6 Å². The van der Waals surface area contributed by atoms with Crippen LogP contribution in [0.3, 0.4) is 0 Å². The van der Waals surface area contributed by atoms with Crippen LogP contribution in [0.5, 0.6) is 0 Å². The number of fused-ring (bicyclic) bond motifs is 6. The van der Waals surface area contributed by atoms with Crippen molar-refractivity contribution in [3.05, 3.63) is 257 Å². The van der Waals surface area contributed by atoms with Crippen molar-refractivity contribution in [2.75, 3.05) is 0 Å². The summed E-state index contributed by atoms with van der Waals surface area (Å²) in [6, 6.07) is 74.3. The molecule has 0 aliphatic carbocycles. The molecule has 13 aromatic rings. The Hall–Kier alpha value is -10.7. The first-order valence-electron chi connectivity index (χ1n) is 30.8. The fourth-order valence-electron chi connectivity index (χ4n) is 12.5. The van der Waals surface area contributed by atoms with Crippen LogP contribution in [0.25, 0.3) is 132 Å². The quantitative estimate of drug-likeness (QED) is 0.142. The molecule has 0 amide bonds. The largest absolute Gasteiger partial charge is 0.309 e. The molecule has 0 aliphatic heterocycles. The van der Waals surface area contributed by atoms with E-state index >= 15 is 0 Å². The molecule has 0 N–H and O–H groups in total. The third-order valence-electron chi connectivity index (χ3n) is 17.7. The Morgan fingerprint density at radius 1 is 0.333 bits per heavy atom. The molecule has 13 rings (SSSR count). The lowest BCUT2D eigenvalue weighted by molar-refractivity contribution is 0.590. The maximum Gasteiger partial charge on any atom is 0.187 e. The number of nitriles is 1. The van der Waals surface area contributed by atoms with Gasteiger partial charge in [-0.05, 0) is 174 Å². The van der Waals surface area contributed by atoms with Crippen LogP contribution in [0.2, 0.25) is 0 Å². The summed E-state index contributed by atoms with van der Waals surface area (Å²) in [6.07, 6.45) is 0. The number of nitrogens with zero attached hydrogens (tertiary/aromatic N) is 8. The van der Waals surface area contributed by atoms with Crippen molar-refractivity contribution in [1.29, 1.82) is 5.26 Å². The lowest BCUT2D eigenvalue weighted by atomic mass is 9.85. The molecule has 0 fully saturated rings. The van der Waals surface area contributed by atoms with E-state index in [1.807, 2.05) is 84.9 Å². The molecule has 0 atom stereocenters. The summed E-state index contributed by atoms with van der Waals surface area (Å²) in [5.41, 5.74) is 20.0. The van der Waals surface area contributed by atoms with E-state index in [9.17, 15) is 5.26 Å². The van der Waals surface area contributed by atoms with Gasteiger partial charge < -0.3 is 9.13 Å². The lowest BCUT2D eigenvalue weighted by Gasteiger charge is -2.19. The van der Waals surface area contributed by atoms with Crippen LogP contribution >= 0.6 is 0 Å². The van der Waals surface area contributed by atoms with Crippen LogP contribution in [-0.2, 0) is 21.7 Å². The first-order chi connectivity index (χ1) is 42.9. The molecule has 90 heavy (non-hydrogen) atoms. The lowest BCUT2D eigenvalue weighted by Crippen LogP contribution is -2.10. The van der Waals surface area contributed by atoms with Crippen LogP contribution in [0.4, 0.5) is 11.4 Å². The molecule has 0 aliphatic rings. The first kappa shape index (κ1) is 58.3. The predicted molar refractivity (Wildman–Crippen MR) is 373 cm³/mol. The van der Waals surface area contributed by atoms with Crippen LogP contribution in [0.1, 0.15) is 111 Å². The highest BCUT2D eigenvalue weighted by Crippen LogP contribution is 2.44. The van der Waals surface area contributed by atoms with Crippen molar-refractivity contribution in [3.8, 4) is 85.0 Å². The number of benzene rings is 10. The predicted octanol–water partition coefficient (Wildman–Crippen LogP) is 22.2. The number of aromatic nitrogens is 5. The van der Waals surface area contributed by atoms with E-state index in [-0.39, 0.29) is 21.7 Å². The van der Waals surface area contributed by atoms with E-state index < -0.39 is 0 Å². The van der Waals surface area contributed by atoms with Gasteiger partial charge >= 0.3 is 0 Å². The zero-order valence-corrected chi connectivity index (χ0v) is 53.2. The molecule has 0 bridgehead atoms. The van der Waals surface area contributed by atoms with Crippen molar-refractivity contribution in [2.45, 2.75) is 105 Å². The molecule has 0 unspecified atom stereocenters. The Bertz CT molecular complexity index is 4780. The van der Waals surface area contributed by atoms with Gasteiger partial charge in [-0.3, -0.25) is 0 Å². The summed E-state index contributed by atoms with van der Waals surface area (Å²) in [7, 11) is 0. The zero-order chi connectivity index (χ0) is 63.2. The summed E-state index contributed by atoms with van der Waals surface area (Å²) in [5.74, 6) is 1.32. The second-order valence-electron chi connectivity index (χ2n) is 28.0. The fraction of sp³-hybridized carbons (Fsp3) is 0.195. The zero-order valence-electron chi connectivity index (χ0n) is 53.2. The first-order valence-corrected chi connectivity index (χ1v) is 30.8. The fourth-order valence-corrected chi connectivity index (χ4v) is 12.5. The standard InChI is InChI=1S/C82H70N8/c1-79(2,3)56-28-36-72-66(43-56)67-44-57(80(4,5)6)29-37-73(67)89(72)62-32-34-64(54-20-15-18-50(40-54)49-83)70(47-62)77-86-76(52-26-24-51(25-27-52)53-19-16-22-60(41-53)84-13)87-78(88-77)71-48-63(33-35-65(71)55-21-17-23-61(42-55)85-14)90-74-38-30-58(81(7,8)9)45-68(74)69-46-59(82(10,11)12)31-39-75(69)90/h15-48H,1-12H3. The summed E-state index contributed by atoms with van der Waals surface area (Å²) in [5, 5.41) is 15.1. The number of hydrogen-bond acceptors (Lipinski definition) is 4. The molecule has 8 heteroatoms. The van der Waals surface area contributed by atoms with Crippen LogP contribution < -0.4 is 0 Å². The van der Waals surface area contributed by atoms with E-state index in [0.717, 1.165) is 83.5 Å². The third-order valence-corrected chi connectivity index (χ3v) is 17.7. The average Bonchev–Trinajstić information content (AvgIpc) is 1.15. The molecule has 8 nitrogen and oxygen atoms in total. The molecular formula is C82H70N8. The van der Waals surface area contributed by atoms with Gasteiger partial charge in [-0.1, -0.05) is 192 Å². The molecular weight excluding hydrogens is 1100 g/mol. The average molecular weight is 1170 g/mol. The minimum atomic E-state index is -0.0795. The molecule has 438 valence electrons. The Morgan fingerprint density at radius 2 is 0.689 bits per heavy atom. The molecule has 0 radical (unpaired) electrons. The van der Waals surface area contributed by atoms with Gasteiger partial charge in [-0.2, -0.15) is 5.26 Å². The van der Waals surface area contributed by atoms with Gasteiger partial charge in [-0.25, -0.2) is 24.6 Å². The number of hydrogen-bond donors (Lipinski definition) is 0. The van der Waals surface area contributed by atoms with Crippen molar-refractivity contribution in [2.24, 2.45) is 0 Å². The maximum atomic E-state index is 10.4. The molecule has 3 heterocycles. The maximum absolute atomic E-state index is 10.4. The van der Waals surface area contributed by atoms with Crippen LogP contribution in [0, 0.1) is 24.5 Å². The van der Waals surface area contributed by atoms with E-state index in [1.165, 1.54) is 43.8 Å². The van der Waals surface area contributed by atoms with E-state index in [0.29, 0.717) is 34.4 Å². The third kappa shape index (κ3) is 10.7. The summed E-state index contributed by atoms with van der Waals surface area (Å²) in [4.78, 5) is 24.4. The minimum absolute atomic E-state index is 0.0788. The normalized spacial score (nSPS) is 12.2. The van der Waals surface area contributed by atoms with Gasteiger partial charge in [0.25, 0.3) is 0 Å². The van der Waals surface area contributed by atoms with E-state index in [1.54, 1.807) is 0 Å². The van der Waals surface area contributed by atoms with Crippen molar-refractivity contribution in [1.82, 2.24) is 24.1 Å². The molecule has 0 saturated carbocycles. The molecule has 3 aromatic heterocycles. The van der Waals surface area contributed by atoms with Gasteiger partial charge in [0.2, 0.25) is 0 Å². The highest BCUT2D eigenvalue weighted by atomic mass is 15.0. The number of rotatable bonds is 8. The SMILES string of the molecule is [C-]#[N+]c1cccc(-c2ccc(-c3nc(-c4cc(-n5c6ccc(C(C)(C)C)cc6c6cc(C(C)(C)C)ccc65)ccc4-c4cccc(C#N)c4)nc(-c4cc(-n5c6ccc(C(C)(C)C)cc6c6cc(C(C)(C)C)ccc65)ccc4-c4cccc([N+]#[C-])c4)n3)cc2)c1. The van der Waals surface area contributed by atoms with Crippen molar-refractivity contribution in [3.63, 3.8) is 0 Å². The molecule has 10 aromatic carbocycles. The Kier molecular flexibility index (Phi) is 14.2. The van der Waals surface area contributed by atoms with Gasteiger partial charge in [0.15, 0.2) is 28.8 Å². The van der Waals surface area contributed by atoms with Gasteiger partial charge in [0.05, 0.1) is 46.8 Å². The highest BCUT2D eigenvalue weighted by Gasteiger charge is 2.27.